The summed E-state index contributed by atoms with van der Waals surface area (Å²) in [6.07, 6.45) is 1.12. The number of nitrogens with one attached hydrogen (secondary N) is 1. The SMILES string of the molecule is O=C(Cc1cc2c(cc1Br)OCCO2)NCCCSc1ccc(F)cc1. The van der Waals surface area contributed by atoms with E-state index in [0.717, 1.165) is 27.1 Å². The molecule has 1 amide bonds. The predicted molar refractivity (Wildman–Crippen MR) is 104 cm³/mol. The molecule has 7 heteroatoms. The van der Waals surface area contributed by atoms with Crippen LogP contribution in [-0.2, 0) is 11.2 Å². The van der Waals surface area contributed by atoms with Gasteiger partial charge in [-0.25, -0.2) is 4.39 Å². The minimum atomic E-state index is -0.230. The molecule has 1 aliphatic rings. The Morgan fingerprint density at radius 3 is 2.58 bits per heavy atom. The zero-order valence-electron chi connectivity index (χ0n) is 14.1. The van der Waals surface area contributed by atoms with Crippen LogP contribution in [-0.4, -0.2) is 31.4 Å². The molecule has 0 spiro atoms. The van der Waals surface area contributed by atoms with E-state index < -0.39 is 0 Å². The van der Waals surface area contributed by atoms with Gasteiger partial charge in [0.15, 0.2) is 11.5 Å². The van der Waals surface area contributed by atoms with Gasteiger partial charge >= 0.3 is 0 Å². The molecular weight excluding hydrogens is 421 g/mol. The van der Waals surface area contributed by atoms with E-state index in [1.165, 1.54) is 12.1 Å². The Morgan fingerprint density at radius 1 is 1.15 bits per heavy atom. The standard InChI is InChI=1S/C19H19BrFNO3S/c20-16-12-18-17(24-7-8-25-18)10-13(16)11-19(23)22-6-1-9-26-15-4-2-14(21)3-5-15/h2-5,10,12H,1,6-9,11H2,(H,22,23). The van der Waals surface area contributed by atoms with Crippen molar-refractivity contribution in [2.24, 2.45) is 0 Å². The number of thioether (sulfide) groups is 1. The van der Waals surface area contributed by atoms with Gasteiger partial charge in [-0.3, -0.25) is 4.79 Å². The number of hydrogen-bond donors (Lipinski definition) is 1. The molecule has 0 aliphatic carbocycles. The van der Waals surface area contributed by atoms with Gasteiger partial charge in [0.1, 0.15) is 19.0 Å². The second-order valence-electron chi connectivity index (χ2n) is 5.77. The van der Waals surface area contributed by atoms with Crippen molar-refractivity contribution in [2.45, 2.75) is 17.7 Å². The van der Waals surface area contributed by atoms with Crippen molar-refractivity contribution in [1.82, 2.24) is 5.32 Å². The fraction of sp³-hybridized carbons (Fsp3) is 0.316. The van der Waals surface area contributed by atoms with Crippen LogP contribution in [0, 0.1) is 5.82 Å². The number of rotatable bonds is 7. The Kier molecular flexibility index (Phi) is 6.80. The molecule has 0 saturated carbocycles. The first-order valence-electron chi connectivity index (χ1n) is 8.35. The maximum atomic E-state index is 12.8. The van der Waals surface area contributed by atoms with Gasteiger partial charge in [-0.1, -0.05) is 15.9 Å². The van der Waals surface area contributed by atoms with Crippen molar-refractivity contribution < 1.29 is 18.7 Å². The molecular formula is C19H19BrFNO3S. The molecule has 0 saturated heterocycles. The van der Waals surface area contributed by atoms with Crippen LogP contribution in [0.15, 0.2) is 45.8 Å². The van der Waals surface area contributed by atoms with E-state index in [1.807, 2.05) is 12.1 Å². The van der Waals surface area contributed by atoms with Gasteiger partial charge in [0.05, 0.1) is 6.42 Å². The van der Waals surface area contributed by atoms with E-state index in [1.54, 1.807) is 23.9 Å². The van der Waals surface area contributed by atoms with Gasteiger partial charge in [-0.05, 0) is 54.1 Å². The molecule has 0 atom stereocenters. The Bertz CT molecular complexity index is 770. The monoisotopic (exact) mass is 439 g/mol. The molecule has 1 heterocycles. The smallest absolute Gasteiger partial charge is 0.224 e. The summed E-state index contributed by atoms with van der Waals surface area (Å²) in [5.74, 6) is 1.98. The summed E-state index contributed by atoms with van der Waals surface area (Å²) in [6.45, 7) is 1.66. The summed E-state index contributed by atoms with van der Waals surface area (Å²) in [5.41, 5.74) is 0.868. The first kappa shape index (κ1) is 19.0. The lowest BCUT2D eigenvalue weighted by Crippen LogP contribution is -2.26. The molecule has 0 unspecified atom stereocenters. The van der Waals surface area contributed by atoms with Gasteiger partial charge in [0.2, 0.25) is 5.91 Å². The molecule has 26 heavy (non-hydrogen) atoms. The third-order valence-electron chi connectivity index (χ3n) is 3.79. The number of amides is 1. The Labute approximate surface area is 164 Å². The van der Waals surface area contributed by atoms with Gasteiger partial charge in [0.25, 0.3) is 0 Å². The lowest BCUT2D eigenvalue weighted by Gasteiger charge is -2.19. The van der Waals surface area contributed by atoms with Gasteiger partial charge in [-0.15, -0.1) is 11.8 Å². The van der Waals surface area contributed by atoms with Crippen LogP contribution < -0.4 is 14.8 Å². The summed E-state index contributed by atoms with van der Waals surface area (Å²) in [5, 5.41) is 2.93. The molecule has 2 aromatic carbocycles. The Morgan fingerprint density at radius 2 is 1.85 bits per heavy atom. The predicted octanol–water partition coefficient (Wildman–Crippen LogP) is 4.20. The first-order valence-corrected chi connectivity index (χ1v) is 10.1. The quantitative estimate of drug-likeness (QED) is 0.518. The lowest BCUT2D eigenvalue weighted by atomic mass is 10.1. The first-order chi connectivity index (χ1) is 12.6. The molecule has 0 fully saturated rings. The molecule has 1 aliphatic heterocycles. The average molecular weight is 440 g/mol. The van der Waals surface area contributed by atoms with E-state index in [4.69, 9.17) is 9.47 Å². The summed E-state index contributed by atoms with van der Waals surface area (Å²) >= 11 is 5.13. The van der Waals surface area contributed by atoms with Crippen LogP contribution in [0.4, 0.5) is 4.39 Å². The molecule has 4 nitrogen and oxygen atoms in total. The van der Waals surface area contributed by atoms with Crippen LogP contribution >= 0.6 is 27.7 Å². The molecule has 0 bridgehead atoms. The second-order valence-corrected chi connectivity index (χ2v) is 7.79. The Balaban J connectivity index is 1.41. The van der Waals surface area contributed by atoms with E-state index in [9.17, 15) is 9.18 Å². The van der Waals surface area contributed by atoms with E-state index in [-0.39, 0.29) is 18.1 Å². The third-order valence-corrected chi connectivity index (χ3v) is 5.62. The molecule has 0 radical (unpaired) electrons. The van der Waals surface area contributed by atoms with Crippen molar-refractivity contribution in [3.8, 4) is 11.5 Å². The topological polar surface area (TPSA) is 47.6 Å². The number of hydrogen-bond acceptors (Lipinski definition) is 4. The number of fused-ring (bicyclic) bond motifs is 1. The normalized spacial score (nSPS) is 12.7. The van der Waals surface area contributed by atoms with Crippen LogP contribution in [0.1, 0.15) is 12.0 Å². The van der Waals surface area contributed by atoms with E-state index in [0.29, 0.717) is 31.3 Å². The minimum Gasteiger partial charge on any atom is -0.486 e. The maximum Gasteiger partial charge on any atom is 0.224 e. The number of halogens is 2. The largest absolute Gasteiger partial charge is 0.486 e. The second kappa shape index (κ2) is 9.28. The number of carbonyl (C=O) groups is 1. The highest BCUT2D eigenvalue weighted by Crippen LogP contribution is 2.35. The Hall–Kier alpha value is -1.73. The molecule has 2 aromatic rings. The van der Waals surface area contributed by atoms with Crippen LogP contribution in [0.3, 0.4) is 0 Å². The fourth-order valence-corrected chi connectivity index (χ4v) is 3.81. The summed E-state index contributed by atoms with van der Waals surface area (Å²) in [7, 11) is 0. The highest BCUT2D eigenvalue weighted by atomic mass is 79.9. The molecule has 1 N–H and O–H groups in total. The molecule has 0 aromatic heterocycles. The number of carbonyl (C=O) groups excluding carboxylic acids is 1. The van der Waals surface area contributed by atoms with Gasteiger partial charge < -0.3 is 14.8 Å². The molecule has 3 rings (SSSR count). The number of benzene rings is 2. The third kappa shape index (κ3) is 5.38. The summed E-state index contributed by atoms with van der Waals surface area (Å²) < 4.78 is 24.8. The van der Waals surface area contributed by atoms with Crippen molar-refractivity contribution in [3.05, 3.63) is 52.3 Å². The molecule has 138 valence electrons. The maximum absolute atomic E-state index is 12.8. The fourth-order valence-electron chi connectivity index (χ4n) is 2.50. The van der Waals surface area contributed by atoms with E-state index in [2.05, 4.69) is 21.2 Å². The zero-order chi connectivity index (χ0) is 18.4. The zero-order valence-corrected chi connectivity index (χ0v) is 16.5. The van der Waals surface area contributed by atoms with Crippen molar-refractivity contribution in [2.75, 3.05) is 25.5 Å². The summed E-state index contributed by atoms with van der Waals surface area (Å²) in [4.78, 5) is 13.2. The lowest BCUT2D eigenvalue weighted by molar-refractivity contribution is -0.120. The highest BCUT2D eigenvalue weighted by molar-refractivity contribution is 9.10. The van der Waals surface area contributed by atoms with Crippen molar-refractivity contribution >= 4 is 33.6 Å². The summed E-state index contributed by atoms with van der Waals surface area (Å²) in [6, 6.07) is 10.1. The average Bonchev–Trinajstić information content (AvgIpc) is 2.63. The van der Waals surface area contributed by atoms with Crippen LogP contribution in [0.2, 0.25) is 0 Å². The number of ether oxygens (including phenoxy) is 2. The van der Waals surface area contributed by atoms with Gasteiger partial charge in [-0.2, -0.15) is 0 Å². The van der Waals surface area contributed by atoms with Crippen LogP contribution in [0.5, 0.6) is 11.5 Å². The van der Waals surface area contributed by atoms with Gasteiger partial charge in [0, 0.05) is 15.9 Å². The highest BCUT2D eigenvalue weighted by Gasteiger charge is 2.16. The van der Waals surface area contributed by atoms with Crippen molar-refractivity contribution in [3.63, 3.8) is 0 Å². The van der Waals surface area contributed by atoms with Crippen molar-refractivity contribution in [1.29, 1.82) is 0 Å². The van der Waals surface area contributed by atoms with E-state index >= 15 is 0 Å². The minimum absolute atomic E-state index is 0.0332. The van der Waals surface area contributed by atoms with Crippen LogP contribution in [0.25, 0.3) is 0 Å².